The zero-order chi connectivity index (χ0) is 53.8. The quantitative estimate of drug-likeness (QED) is 0.0159. The van der Waals surface area contributed by atoms with Gasteiger partial charge in [-0.25, -0.2) is 4.79 Å². The Morgan fingerprint density at radius 1 is 0.457 bits per heavy atom. The van der Waals surface area contributed by atoms with E-state index in [1.54, 1.807) is 27.7 Å². The molecule has 0 unspecified atom stereocenters. The van der Waals surface area contributed by atoms with Gasteiger partial charge in [0.1, 0.15) is 42.3 Å². The second-order valence-corrected chi connectivity index (χ2v) is 16.9. The van der Waals surface area contributed by atoms with Crippen molar-refractivity contribution in [3.8, 4) is 0 Å². The monoisotopic (exact) mass is 999 g/mol. The van der Waals surface area contributed by atoms with Crippen LogP contribution in [0.15, 0.2) is 0 Å². The van der Waals surface area contributed by atoms with E-state index in [9.17, 15) is 57.8 Å². The number of nitrogens with two attached hydrogens (primary N) is 7. The van der Waals surface area contributed by atoms with E-state index >= 15 is 0 Å². The van der Waals surface area contributed by atoms with Crippen LogP contribution in [0.3, 0.4) is 0 Å². The summed E-state index contributed by atoms with van der Waals surface area (Å²) in [6.07, 6.45) is -2.74. The predicted molar refractivity (Wildman–Crippen MR) is 251 cm³/mol. The summed E-state index contributed by atoms with van der Waals surface area (Å²) in [5.74, 6) is -13.4. The molecule has 8 atom stereocenters. The Bertz CT molecular complexity index is 1870. The Hall–Kier alpha value is -7.37. The highest BCUT2D eigenvalue weighted by Gasteiger charge is 2.36. The molecule has 0 rings (SSSR count). The smallest absolute Gasteiger partial charge is 0.326 e. The van der Waals surface area contributed by atoms with Crippen LogP contribution in [0.4, 0.5) is 0 Å². The van der Waals surface area contributed by atoms with Crippen molar-refractivity contribution in [2.75, 3.05) is 19.6 Å². The maximum absolute atomic E-state index is 13.8. The van der Waals surface area contributed by atoms with Gasteiger partial charge in [-0.15, -0.1) is 0 Å². The van der Waals surface area contributed by atoms with Crippen molar-refractivity contribution < 1.29 is 57.8 Å². The summed E-state index contributed by atoms with van der Waals surface area (Å²) >= 11 is 0. The Kier molecular flexibility index (Phi) is 29.0. The number of primary amides is 3. The average molecular weight is 999 g/mol. The summed E-state index contributed by atoms with van der Waals surface area (Å²) < 4.78 is 0. The van der Waals surface area contributed by atoms with E-state index in [2.05, 4.69) is 47.9 Å². The minimum atomic E-state index is -1.92. The fourth-order valence-corrected chi connectivity index (χ4v) is 6.26. The van der Waals surface area contributed by atoms with Crippen molar-refractivity contribution >= 4 is 77.0 Å². The summed E-state index contributed by atoms with van der Waals surface area (Å²) in [5.41, 5.74) is 38.4. The number of nitrogens with one attached hydrogen (secondary N) is 11. The third kappa shape index (κ3) is 25.7. The minimum absolute atomic E-state index is 0.00594. The molecule has 0 bridgehead atoms. The van der Waals surface area contributed by atoms with E-state index in [0.29, 0.717) is 0 Å². The number of amides is 10. The minimum Gasteiger partial charge on any atom is -0.480 e. The number of carboxylic acid groups (broad SMARTS) is 1. The van der Waals surface area contributed by atoms with Gasteiger partial charge in [0, 0.05) is 19.5 Å². The molecule has 0 aliphatic rings. The number of carbonyl (C=O) groups is 11. The normalized spacial score (nSPS) is 14.3. The summed E-state index contributed by atoms with van der Waals surface area (Å²) in [6.45, 7) is 6.61. The Labute approximate surface area is 404 Å². The van der Waals surface area contributed by atoms with Crippen molar-refractivity contribution in [3.05, 3.63) is 0 Å². The van der Waals surface area contributed by atoms with Crippen molar-refractivity contribution in [2.24, 2.45) is 52.0 Å². The van der Waals surface area contributed by atoms with Crippen LogP contribution in [0.25, 0.3) is 0 Å². The Morgan fingerprint density at radius 3 is 1.10 bits per heavy atom. The van der Waals surface area contributed by atoms with E-state index in [4.69, 9.17) is 51.0 Å². The number of aliphatic carboxylic acids is 1. The van der Waals surface area contributed by atoms with E-state index in [-0.39, 0.29) is 76.0 Å². The van der Waals surface area contributed by atoms with E-state index in [0.717, 1.165) is 0 Å². The largest absolute Gasteiger partial charge is 0.480 e. The first-order valence-corrected chi connectivity index (χ1v) is 22.4. The molecule has 26 N–H and O–H groups in total. The van der Waals surface area contributed by atoms with E-state index < -0.39 is 145 Å². The summed E-state index contributed by atoms with van der Waals surface area (Å²) in [7, 11) is 0. The summed E-state index contributed by atoms with van der Waals surface area (Å²) in [5, 5.41) is 46.0. The average Bonchev–Trinajstić information content (AvgIpc) is 3.25. The fourth-order valence-electron chi connectivity index (χ4n) is 6.26. The molecule has 0 heterocycles. The zero-order valence-electron chi connectivity index (χ0n) is 39.9. The standard InChI is InChI=1S/C40H74N18O12/c1-18(2)29(45)37(68)55-21(9-6-14-50-39(46)47)32(63)54-23(11-12-26(42)59)33(64)56-25(17-28(44)61)36(67)57-24(16-27(43)60)35(66)53-20(8-5-13-41)31(62)52-22(10-7-15-51-40(48)49)34(65)58-30(19(3)4)38(69)70/h18-25,29-30H,5-17,41,45H2,1-4H3,(H2,42,59)(H2,43,60)(H2,44,61)(H,52,62)(H,53,66)(H,54,63)(H,55,68)(H,56,64)(H,57,67)(H,58,65)(H,69,70)(H4,46,47,50)(H4,48,49,51)/t20-,21-,22-,23-,24-,25-,29-,30-/m0/s1. The fraction of sp³-hybridized carbons (Fsp3) is 0.675. The van der Waals surface area contributed by atoms with Crippen LogP contribution < -0.4 is 88.0 Å². The van der Waals surface area contributed by atoms with Gasteiger partial charge < -0.3 is 93.1 Å². The molecule has 0 saturated heterocycles. The van der Waals surface area contributed by atoms with Gasteiger partial charge in [-0.2, -0.15) is 0 Å². The Morgan fingerprint density at radius 2 is 0.786 bits per heavy atom. The second-order valence-electron chi connectivity index (χ2n) is 16.9. The molecule has 0 aliphatic heterocycles. The van der Waals surface area contributed by atoms with Crippen molar-refractivity contribution in [3.63, 3.8) is 0 Å². The molecule has 0 fully saturated rings. The highest BCUT2D eigenvalue weighted by atomic mass is 16.4. The number of hydrogen-bond acceptors (Lipinski definition) is 15. The lowest BCUT2D eigenvalue weighted by atomic mass is 10.0. The molecule has 0 aromatic heterocycles. The van der Waals surface area contributed by atoms with Gasteiger partial charge in [-0.3, -0.25) is 58.8 Å². The molecule has 0 aromatic carbocycles. The van der Waals surface area contributed by atoms with E-state index in [1.165, 1.54) is 0 Å². The van der Waals surface area contributed by atoms with Crippen LogP contribution in [0, 0.1) is 22.7 Å². The highest BCUT2D eigenvalue weighted by molar-refractivity contribution is 6.00. The zero-order valence-corrected chi connectivity index (χ0v) is 39.9. The maximum Gasteiger partial charge on any atom is 0.326 e. The molecule has 0 aliphatic carbocycles. The lowest BCUT2D eigenvalue weighted by Gasteiger charge is -2.28. The first-order chi connectivity index (χ1) is 32.6. The number of hydrogen-bond donors (Lipinski definition) is 19. The van der Waals surface area contributed by atoms with E-state index in [1.807, 2.05) is 0 Å². The van der Waals surface area contributed by atoms with Gasteiger partial charge >= 0.3 is 5.97 Å². The summed E-state index contributed by atoms with van der Waals surface area (Å²) in [6, 6.07) is -12.1. The van der Waals surface area contributed by atoms with Gasteiger partial charge in [0.05, 0.1) is 18.9 Å². The molecule has 30 nitrogen and oxygen atoms in total. The number of rotatable bonds is 35. The van der Waals surface area contributed by atoms with Gasteiger partial charge in [-0.1, -0.05) is 27.7 Å². The van der Waals surface area contributed by atoms with Gasteiger partial charge in [0.25, 0.3) is 0 Å². The SMILES string of the molecule is CC(C)[C@H](N)C(=O)N[C@@H](CCCNC(=N)N)C(=O)N[C@@H](CCC(N)=O)C(=O)N[C@@H](CC(N)=O)C(=O)N[C@@H](CC(N)=O)C(=O)N[C@@H](CCCN)C(=O)N[C@@H](CCCNC(=N)N)C(=O)N[C@H](C(=O)O)C(C)C. The van der Waals surface area contributed by atoms with Crippen LogP contribution in [-0.2, 0) is 52.7 Å². The highest BCUT2D eigenvalue weighted by Crippen LogP contribution is 2.09. The van der Waals surface area contributed by atoms with Crippen LogP contribution in [-0.4, -0.2) is 150 Å². The van der Waals surface area contributed by atoms with Crippen molar-refractivity contribution in [2.45, 2.75) is 140 Å². The molecule has 10 amide bonds. The molecule has 30 heteroatoms. The second kappa shape index (κ2) is 32.4. The van der Waals surface area contributed by atoms with Crippen LogP contribution in [0.2, 0.25) is 0 Å². The predicted octanol–water partition coefficient (Wildman–Crippen LogP) is -7.61. The molecule has 0 spiro atoms. The number of guanidine groups is 2. The van der Waals surface area contributed by atoms with Crippen molar-refractivity contribution in [1.82, 2.24) is 47.9 Å². The maximum atomic E-state index is 13.8. The first-order valence-electron chi connectivity index (χ1n) is 22.4. The first kappa shape index (κ1) is 62.6. The number of carbonyl (C=O) groups excluding carboxylic acids is 10. The van der Waals surface area contributed by atoms with Gasteiger partial charge in [0.15, 0.2) is 11.9 Å². The lowest BCUT2D eigenvalue weighted by Crippen LogP contribution is -2.61. The summed E-state index contributed by atoms with van der Waals surface area (Å²) in [4.78, 5) is 143. The molecule has 0 radical (unpaired) electrons. The van der Waals surface area contributed by atoms with Crippen LogP contribution in [0.1, 0.15) is 91.9 Å². The Balaban J connectivity index is 6.70. The molecule has 70 heavy (non-hydrogen) atoms. The number of carboxylic acids is 1. The lowest BCUT2D eigenvalue weighted by molar-refractivity contribution is -0.143. The van der Waals surface area contributed by atoms with Crippen LogP contribution >= 0.6 is 0 Å². The molecule has 396 valence electrons. The van der Waals surface area contributed by atoms with Crippen LogP contribution in [0.5, 0.6) is 0 Å². The molecule has 0 saturated carbocycles. The topological polar surface area (TPSA) is 546 Å². The molecule has 0 aromatic rings. The van der Waals surface area contributed by atoms with Crippen molar-refractivity contribution in [1.29, 1.82) is 10.8 Å². The van der Waals surface area contributed by atoms with Gasteiger partial charge in [-0.05, 0) is 63.3 Å². The third-order valence-electron chi connectivity index (χ3n) is 10.2. The molecular formula is C40H74N18O12. The third-order valence-corrected chi connectivity index (χ3v) is 10.2. The molecular weight excluding hydrogens is 925 g/mol. The van der Waals surface area contributed by atoms with Gasteiger partial charge in [0.2, 0.25) is 59.1 Å².